The number of rotatable bonds is 2. The second kappa shape index (κ2) is 4.37. The van der Waals surface area contributed by atoms with E-state index in [4.69, 9.17) is 17.3 Å². The van der Waals surface area contributed by atoms with E-state index in [1.807, 2.05) is 13.8 Å². The van der Waals surface area contributed by atoms with Gasteiger partial charge < -0.3 is 5.73 Å². The van der Waals surface area contributed by atoms with E-state index in [1.165, 1.54) is 6.07 Å². The first-order valence-corrected chi connectivity index (χ1v) is 5.63. The monoisotopic (exact) mass is 253 g/mol. The van der Waals surface area contributed by atoms with Crippen molar-refractivity contribution in [3.8, 4) is 0 Å². The molecule has 2 aromatic rings. The number of aryl methyl sites for hydroxylation is 1. The molecule has 1 atom stereocenters. The molecule has 5 heteroatoms. The quantitative estimate of drug-likeness (QED) is 0.893. The molecule has 1 aromatic heterocycles. The summed E-state index contributed by atoms with van der Waals surface area (Å²) >= 11 is 5.75. The average Bonchev–Trinajstić information content (AvgIpc) is 2.63. The molecule has 90 valence electrons. The number of nitrogen functional groups attached to an aromatic ring is 1. The molecule has 0 bridgehead atoms. The van der Waals surface area contributed by atoms with E-state index in [2.05, 4.69) is 5.10 Å². The van der Waals surface area contributed by atoms with Gasteiger partial charge in [0.1, 0.15) is 11.6 Å². The lowest BCUT2D eigenvalue weighted by Crippen LogP contribution is -2.11. The largest absolute Gasteiger partial charge is 0.384 e. The number of halogens is 2. The molecule has 2 rings (SSSR count). The Hall–Kier alpha value is -1.55. The highest BCUT2D eigenvalue weighted by atomic mass is 35.5. The number of benzene rings is 1. The van der Waals surface area contributed by atoms with Gasteiger partial charge in [-0.05, 0) is 31.5 Å². The SMILES string of the molecule is Cc1cnn(C(C)c2ccc(F)c(Cl)c2)c1N. The fourth-order valence-corrected chi connectivity index (χ4v) is 1.87. The van der Waals surface area contributed by atoms with Gasteiger partial charge in [-0.2, -0.15) is 5.10 Å². The van der Waals surface area contributed by atoms with E-state index < -0.39 is 5.82 Å². The molecule has 0 saturated heterocycles. The second-order valence-electron chi connectivity index (χ2n) is 4.01. The lowest BCUT2D eigenvalue weighted by Gasteiger charge is -2.15. The zero-order chi connectivity index (χ0) is 12.6. The summed E-state index contributed by atoms with van der Waals surface area (Å²) in [4.78, 5) is 0. The predicted octanol–water partition coefficient (Wildman–Crippen LogP) is 3.18. The molecule has 0 fully saturated rings. The Morgan fingerprint density at radius 3 is 2.71 bits per heavy atom. The van der Waals surface area contributed by atoms with Crippen molar-refractivity contribution in [2.75, 3.05) is 5.73 Å². The van der Waals surface area contributed by atoms with Crippen LogP contribution >= 0.6 is 11.6 Å². The van der Waals surface area contributed by atoms with E-state index in [-0.39, 0.29) is 11.1 Å². The minimum Gasteiger partial charge on any atom is -0.384 e. The van der Waals surface area contributed by atoms with Crippen molar-refractivity contribution in [1.29, 1.82) is 0 Å². The van der Waals surface area contributed by atoms with Gasteiger partial charge in [-0.1, -0.05) is 17.7 Å². The molecule has 17 heavy (non-hydrogen) atoms. The molecule has 3 nitrogen and oxygen atoms in total. The third-order valence-corrected chi connectivity index (χ3v) is 3.11. The topological polar surface area (TPSA) is 43.8 Å². The van der Waals surface area contributed by atoms with E-state index in [0.29, 0.717) is 5.82 Å². The van der Waals surface area contributed by atoms with Crippen molar-refractivity contribution in [1.82, 2.24) is 9.78 Å². The number of hydrogen-bond acceptors (Lipinski definition) is 2. The van der Waals surface area contributed by atoms with E-state index in [9.17, 15) is 4.39 Å². The van der Waals surface area contributed by atoms with Gasteiger partial charge >= 0.3 is 0 Å². The Kier molecular flexibility index (Phi) is 3.07. The molecule has 0 spiro atoms. The second-order valence-corrected chi connectivity index (χ2v) is 4.41. The first-order valence-electron chi connectivity index (χ1n) is 5.25. The van der Waals surface area contributed by atoms with Gasteiger partial charge in [0.15, 0.2) is 0 Å². The smallest absolute Gasteiger partial charge is 0.141 e. The summed E-state index contributed by atoms with van der Waals surface area (Å²) in [6, 6.07) is 4.54. The standard InChI is InChI=1S/C12H13ClFN3/c1-7-6-16-17(12(7)15)8(2)9-3-4-11(14)10(13)5-9/h3-6,8H,15H2,1-2H3. The molecule has 0 aliphatic heterocycles. The van der Waals surface area contributed by atoms with Crippen LogP contribution in [0.25, 0.3) is 0 Å². The van der Waals surface area contributed by atoms with Crippen LogP contribution in [0.5, 0.6) is 0 Å². The molecule has 1 heterocycles. The normalized spacial score (nSPS) is 12.7. The number of anilines is 1. The van der Waals surface area contributed by atoms with Crippen molar-refractivity contribution in [3.05, 3.63) is 46.4 Å². The number of aromatic nitrogens is 2. The highest BCUT2D eigenvalue weighted by Gasteiger charge is 2.14. The lowest BCUT2D eigenvalue weighted by atomic mass is 10.1. The molecule has 0 radical (unpaired) electrons. The maximum absolute atomic E-state index is 13.1. The maximum Gasteiger partial charge on any atom is 0.141 e. The zero-order valence-corrected chi connectivity index (χ0v) is 10.4. The van der Waals surface area contributed by atoms with Crippen LogP contribution < -0.4 is 5.73 Å². The Labute approximate surface area is 104 Å². The van der Waals surface area contributed by atoms with Crippen LogP contribution in [0.15, 0.2) is 24.4 Å². The molecule has 2 N–H and O–H groups in total. The zero-order valence-electron chi connectivity index (χ0n) is 9.61. The minimum atomic E-state index is -0.424. The third kappa shape index (κ3) is 2.13. The molecule has 0 amide bonds. The van der Waals surface area contributed by atoms with Crippen molar-refractivity contribution >= 4 is 17.4 Å². The predicted molar refractivity (Wildman–Crippen MR) is 66.6 cm³/mol. The van der Waals surface area contributed by atoms with E-state index >= 15 is 0 Å². The van der Waals surface area contributed by atoms with Crippen molar-refractivity contribution in [2.45, 2.75) is 19.9 Å². The van der Waals surface area contributed by atoms with Gasteiger partial charge in [-0.15, -0.1) is 0 Å². The Bertz CT molecular complexity index is 551. The lowest BCUT2D eigenvalue weighted by molar-refractivity contribution is 0.569. The summed E-state index contributed by atoms with van der Waals surface area (Å²) in [6.45, 7) is 3.83. The number of hydrogen-bond donors (Lipinski definition) is 1. The highest BCUT2D eigenvalue weighted by Crippen LogP contribution is 2.25. The first kappa shape index (κ1) is 11.9. The fourth-order valence-electron chi connectivity index (χ4n) is 1.68. The number of nitrogens with zero attached hydrogens (tertiary/aromatic N) is 2. The molecule has 0 saturated carbocycles. The van der Waals surface area contributed by atoms with Crippen LogP contribution in [-0.4, -0.2) is 9.78 Å². The van der Waals surface area contributed by atoms with Crippen LogP contribution in [0.1, 0.15) is 24.1 Å². The maximum atomic E-state index is 13.1. The molecular weight excluding hydrogens is 241 g/mol. The van der Waals surface area contributed by atoms with Gasteiger partial charge in [-0.25, -0.2) is 9.07 Å². The molecular formula is C12H13ClFN3. The summed E-state index contributed by atoms with van der Waals surface area (Å²) in [5.41, 5.74) is 7.69. The van der Waals surface area contributed by atoms with Crippen molar-refractivity contribution < 1.29 is 4.39 Å². The van der Waals surface area contributed by atoms with Crippen LogP contribution in [0.2, 0.25) is 5.02 Å². The van der Waals surface area contributed by atoms with Crippen LogP contribution in [-0.2, 0) is 0 Å². The molecule has 0 aliphatic carbocycles. The van der Waals surface area contributed by atoms with Crippen molar-refractivity contribution in [3.63, 3.8) is 0 Å². The van der Waals surface area contributed by atoms with Gasteiger partial charge in [0.25, 0.3) is 0 Å². The Morgan fingerprint density at radius 1 is 1.47 bits per heavy atom. The summed E-state index contributed by atoms with van der Waals surface area (Å²) in [5.74, 6) is 0.185. The van der Waals surface area contributed by atoms with Crippen molar-refractivity contribution in [2.24, 2.45) is 0 Å². The van der Waals surface area contributed by atoms with Crippen LogP contribution in [0, 0.1) is 12.7 Å². The Morgan fingerprint density at radius 2 is 2.18 bits per heavy atom. The summed E-state index contributed by atoms with van der Waals surface area (Å²) in [6.07, 6.45) is 1.71. The molecule has 1 unspecified atom stereocenters. The first-order chi connectivity index (χ1) is 8.00. The average molecular weight is 254 g/mol. The van der Waals surface area contributed by atoms with E-state index in [0.717, 1.165) is 11.1 Å². The van der Waals surface area contributed by atoms with Gasteiger partial charge in [0, 0.05) is 5.56 Å². The van der Waals surface area contributed by atoms with Gasteiger partial charge in [0.2, 0.25) is 0 Å². The van der Waals surface area contributed by atoms with Gasteiger partial charge in [-0.3, -0.25) is 0 Å². The van der Waals surface area contributed by atoms with Crippen LogP contribution in [0.3, 0.4) is 0 Å². The minimum absolute atomic E-state index is 0.0817. The summed E-state index contributed by atoms with van der Waals surface area (Å²) in [7, 11) is 0. The fraction of sp³-hybridized carbons (Fsp3) is 0.250. The van der Waals surface area contributed by atoms with Gasteiger partial charge in [0.05, 0.1) is 17.3 Å². The van der Waals surface area contributed by atoms with Crippen LogP contribution in [0.4, 0.5) is 10.2 Å². The molecule has 1 aromatic carbocycles. The highest BCUT2D eigenvalue weighted by molar-refractivity contribution is 6.30. The van der Waals surface area contributed by atoms with E-state index in [1.54, 1.807) is 23.0 Å². The third-order valence-electron chi connectivity index (χ3n) is 2.82. The Balaban J connectivity index is 2.40. The molecule has 0 aliphatic rings. The number of nitrogens with two attached hydrogens (primary N) is 1. The summed E-state index contributed by atoms with van der Waals surface area (Å²) in [5, 5.41) is 4.31. The summed E-state index contributed by atoms with van der Waals surface area (Å²) < 4.78 is 14.8.